The first-order valence-corrected chi connectivity index (χ1v) is 12.0. The van der Waals surface area contributed by atoms with Crippen molar-refractivity contribution in [2.45, 2.75) is 92.4 Å². The summed E-state index contributed by atoms with van der Waals surface area (Å²) in [5.74, 6) is 0.770. The van der Waals surface area contributed by atoms with E-state index in [0.29, 0.717) is 11.8 Å². The highest BCUT2D eigenvalue weighted by Crippen LogP contribution is 2.63. The summed E-state index contributed by atoms with van der Waals surface area (Å²) in [6.45, 7) is 11.3. The molecule has 3 nitrogen and oxygen atoms in total. The molecule has 3 aliphatic rings. The lowest BCUT2D eigenvalue weighted by Crippen LogP contribution is -2.55. The van der Waals surface area contributed by atoms with E-state index >= 15 is 0 Å². The molecule has 0 aromatic heterocycles. The van der Waals surface area contributed by atoms with Crippen molar-refractivity contribution in [3.63, 3.8) is 0 Å². The van der Waals surface area contributed by atoms with Gasteiger partial charge in [-0.3, -0.25) is 4.79 Å². The van der Waals surface area contributed by atoms with Crippen LogP contribution in [0.3, 0.4) is 0 Å². The summed E-state index contributed by atoms with van der Waals surface area (Å²) in [5, 5.41) is 12.4. The first kappa shape index (κ1) is 22.6. The summed E-state index contributed by atoms with van der Waals surface area (Å²) in [4.78, 5) is 25.2. The van der Waals surface area contributed by atoms with Gasteiger partial charge in [0.2, 0.25) is 0 Å². The van der Waals surface area contributed by atoms with Gasteiger partial charge in [0, 0.05) is 17.3 Å². The number of hydrogen-bond donors (Lipinski definition) is 0. The van der Waals surface area contributed by atoms with Crippen LogP contribution in [0.15, 0.2) is 12.2 Å². The third kappa shape index (κ3) is 4.08. The molecule has 0 spiro atoms. The van der Waals surface area contributed by atoms with Gasteiger partial charge in [-0.25, -0.2) is 0 Å². The number of rotatable bonds is 7. The Morgan fingerprint density at radius 3 is 2.45 bits per heavy atom. The van der Waals surface area contributed by atoms with E-state index in [0.717, 1.165) is 44.4 Å². The van der Waals surface area contributed by atoms with Gasteiger partial charge in [0.25, 0.3) is 0 Å². The predicted octanol–water partition coefficient (Wildman–Crippen LogP) is 5.18. The van der Waals surface area contributed by atoms with E-state index in [9.17, 15) is 14.7 Å². The summed E-state index contributed by atoms with van der Waals surface area (Å²) in [7, 11) is 0. The molecule has 0 amide bonds. The fourth-order valence-corrected chi connectivity index (χ4v) is 7.46. The molecule has 164 valence electrons. The molecule has 0 saturated heterocycles. The largest absolute Gasteiger partial charge is 0.550 e. The van der Waals surface area contributed by atoms with Gasteiger partial charge < -0.3 is 9.90 Å². The number of carboxylic acids is 1. The van der Waals surface area contributed by atoms with Gasteiger partial charge in [-0.1, -0.05) is 60.0 Å². The predicted molar refractivity (Wildman–Crippen MR) is 115 cm³/mol. The molecule has 0 aromatic carbocycles. The zero-order valence-corrected chi connectivity index (χ0v) is 19.2. The normalized spacial score (nSPS) is 40.8. The summed E-state index contributed by atoms with van der Waals surface area (Å²) in [5.41, 5.74) is -0.468. The van der Waals surface area contributed by atoms with Crippen molar-refractivity contribution >= 4 is 11.8 Å². The number of allylic oxidation sites excluding steroid dienone is 2. The van der Waals surface area contributed by atoms with Crippen molar-refractivity contribution in [2.75, 3.05) is 0 Å². The minimum absolute atomic E-state index is 0.0718. The van der Waals surface area contributed by atoms with Crippen LogP contribution < -0.4 is 5.11 Å². The highest BCUT2D eigenvalue weighted by molar-refractivity contribution is 5.96. The Balaban J connectivity index is 1.80. The van der Waals surface area contributed by atoms with Crippen LogP contribution in [0.5, 0.6) is 0 Å². The first-order valence-electron chi connectivity index (χ1n) is 12.0. The molecular weight excluding hydrogens is 360 g/mol. The van der Waals surface area contributed by atoms with Crippen LogP contribution in [0.1, 0.15) is 92.4 Å². The zero-order valence-electron chi connectivity index (χ0n) is 19.2. The van der Waals surface area contributed by atoms with Crippen LogP contribution in [-0.4, -0.2) is 11.8 Å². The number of aliphatic carboxylic acids is 1. The maximum Gasteiger partial charge on any atom is 0.161 e. The van der Waals surface area contributed by atoms with Crippen LogP contribution in [0.25, 0.3) is 0 Å². The molecule has 0 heterocycles. The molecule has 0 N–H and O–H groups in total. The Bertz CT molecular complexity index is 650. The van der Waals surface area contributed by atoms with Gasteiger partial charge >= 0.3 is 0 Å². The number of ketones is 1. The molecule has 7 atom stereocenters. The molecule has 3 aliphatic carbocycles. The van der Waals surface area contributed by atoms with Crippen LogP contribution in [0.4, 0.5) is 0 Å². The lowest BCUT2D eigenvalue weighted by molar-refractivity contribution is -0.319. The average Bonchev–Trinajstić information content (AvgIpc) is 2.99. The van der Waals surface area contributed by atoms with E-state index in [1.165, 1.54) is 19.3 Å². The van der Waals surface area contributed by atoms with E-state index in [-0.39, 0.29) is 23.0 Å². The standard InChI is InChI=1S/C26H42O3/c1-17(2)9-8-10-18(3)19-12-13-20-23(24(28)29)21(14-16-25(19,20)4)26(5)15-7-6-11-22(26)27/h6,11,17-21,23H,7-10,12-16H2,1-5H3,(H,28,29)/p-1/t18-,19-,20-,21-,23+,25+,26+/m0/s1. The number of carbonyl (C=O) groups is 2. The van der Waals surface area contributed by atoms with Crippen molar-refractivity contribution in [1.29, 1.82) is 0 Å². The molecule has 2 fully saturated rings. The Kier molecular flexibility index (Phi) is 6.65. The monoisotopic (exact) mass is 401 g/mol. The van der Waals surface area contributed by atoms with E-state index in [4.69, 9.17) is 0 Å². The van der Waals surface area contributed by atoms with Crippen LogP contribution in [-0.2, 0) is 9.59 Å². The second kappa shape index (κ2) is 8.55. The molecule has 29 heavy (non-hydrogen) atoms. The molecule has 2 saturated carbocycles. The second-order valence-electron chi connectivity index (χ2n) is 11.3. The van der Waals surface area contributed by atoms with Gasteiger partial charge in [-0.15, -0.1) is 0 Å². The fraction of sp³-hybridized carbons (Fsp3) is 0.846. The molecule has 0 aliphatic heterocycles. The topological polar surface area (TPSA) is 57.2 Å². The van der Waals surface area contributed by atoms with Crippen LogP contribution >= 0.6 is 0 Å². The number of fused-ring (bicyclic) bond motifs is 1. The summed E-state index contributed by atoms with van der Waals surface area (Å²) in [6, 6.07) is 0. The quantitative estimate of drug-likeness (QED) is 0.590. The second-order valence-corrected chi connectivity index (χ2v) is 11.3. The lowest BCUT2D eigenvalue weighted by Gasteiger charge is -2.54. The van der Waals surface area contributed by atoms with Gasteiger partial charge in [0.15, 0.2) is 5.78 Å². The SMILES string of the molecule is CC(C)CCC[C@H](C)[C@@H]1CC[C@H]2[C@@H](C(=O)[O-])[C@@H]([C@@]3(C)CCC=CC3=O)CC[C@@]21C. The van der Waals surface area contributed by atoms with Crippen molar-refractivity contribution in [2.24, 2.45) is 46.3 Å². The van der Waals surface area contributed by atoms with Gasteiger partial charge in [0.05, 0.1) is 0 Å². The van der Waals surface area contributed by atoms with Crippen molar-refractivity contribution in [1.82, 2.24) is 0 Å². The van der Waals surface area contributed by atoms with E-state index in [1.54, 1.807) is 6.08 Å². The summed E-state index contributed by atoms with van der Waals surface area (Å²) < 4.78 is 0. The molecule has 3 rings (SSSR count). The molecule has 0 aromatic rings. The Labute approximate surface area is 177 Å². The maximum atomic E-state index is 12.8. The number of carbonyl (C=O) groups excluding carboxylic acids is 2. The minimum atomic E-state index is -0.914. The Hall–Kier alpha value is -1.12. The van der Waals surface area contributed by atoms with Gasteiger partial charge in [-0.05, 0) is 79.6 Å². The van der Waals surface area contributed by atoms with Crippen molar-refractivity contribution < 1.29 is 14.7 Å². The maximum absolute atomic E-state index is 12.8. The molecular formula is C26H41O3-. The smallest absolute Gasteiger partial charge is 0.161 e. The number of carboxylic acid groups (broad SMARTS) is 1. The Morgan fingerprint density at radius 2 is 1.83 bits per heavy atom. The zero-order chi connectivity index (χ0) is 21.4. The van der Waals surface area contributed by atoms with Gasteiger partial charge in [-0.2, -0.15) is 0 Å². The van der Waals surface area contributed by atoms with Crippen molar-refractivity contribution in [3.05, 3.63) is 12.2 Å². The highest BCUT2D eigenvalue weighted by Gasteiger charge is 2.58. The third-order valence-electron chi connectivity index (χ3n) is 9.22. The lowest BCUT2D eigenvalue weighted by atomic mass is 9.50. The number of hydrogen-bond acceptors (Lipinski definition) is 3. The van der Waals surface area contributed by atoms with Gasteiger partial charge in [0.1, 0.15) is 0 Å². The average molecular weight is 402 g/mol. The summed E-state index contributed by atoms with van der Waals surface area (Å²) in [6.07, 6.45) is 13.1. The third-order valence-corrected chi connectivity index (χ3v) is 9.22. The Morgan fingerprint density at radius 1 is 1.10 bits per heavy atom. The first-order chi connectivity index (χ1) is 13.6. The fourth-order valence-electron chi connectivity index (χ4n) is 7.46. The molecule has 0 radical (unpaired) electrons. The minimum Gasteiger partial charge on any atom is -0.550 e. The van der Waals surface area contributed by atoms with Crippen molar-refractivity contribution in [3.8, 4) is 0 Å². The van der Waals surface area contributed by atoms with E-state index < -0.39 is 17.3 Å². The van der Waals surface area contributed by atoms with Crippen LogP contribution in [0, 0.1) is 46.3 Å². The van der Waals surface area contributed by atoms with E-state index in [1.807, 2.05) is 13.0 Å². The molecule has 0 unspecified atom stereocenters. The van der Waals surface area contributed by atoms with E-state index in [2.05, 4.69) is 27.7 Å². The highest BCUT2D eigenvalue weighted by atomic mass is 16.4. The summed E-state index contributed by atoms with van der Waals surface area (Å²) >= 11 is 0. The molecule has 3 heteroatoms. The molecule has 0 bridgehead atoms. The van der Waals surface area contributed by atoms with Crippen LogP contribution in [0.2, 0.25) is 0 Å².